The Labute approximate surface area is 126 Å². The fourth-order valence-corrected chi connectivity index (χ4v) is 2.33. The van der Waals surface area contributed by atoms with E-state index >= 15 is 0 Å². The topological polar surface area (TPSA) is 135 Å². The van der Waals surface area contributed by atoms with Crippen LogP contribution in [0.4, 0.5) is 0 Å². The van der Waals surface area contributed by atoms with Crippen LogP contribution in [0, 0.1) is 0 Å². The van der Waals surface area contributed by atoms with E-state index < -0.39 is 55.4 Å². The summed E-state index contributed by atoms with van der Waals surface area (Å²) in [5.41, 5.74) is 0.497. The molecule has 0 aromatic carbocycles. The molecule has 0 aliphatic carbocycles. The van der Waals surface area contributed by atoms with Crippen LogP contribution in [0.5, 0.6) is 0 Å². The van der Waals surface area contributed by atoms with Crippen molar-refractivity contribution in [3.8, 4) is 0 Å². The van der Waals surface area contributed by atoms with Gasteiger partial charge in [-0.2, -0.15) is 0 Å². The van der Waals surface area contributed by atoms with Gasteiger partial charge in [0.1, 0.15) is 24.4 Å². The molecule has 6 atom stereocenters. The summed E-state index contributed by atoms with van der Waals surface area (Å²) in [5, 5.41) is 31.5. The third kappa shape index (κ3) is 3.45. The van der Waals surface area contributed by atoms with Crippen molar-refractivity contribution < 1.29 is 39.1 Å². The molecule has 9 nitrogen and oxygen atoms in total. The summed E-state index contributed by atoms with van der Waals surface area (Å²) in [7, 11) is 0. The van der Waals surface area contributed by atoms with E-state index in [1.165, 1.54) is 13.0 Å². The molecular formula is C13H19NO8. The first-order valence-corrected chi connectivity index (χ1v) is 6.77. The summed E-state index contributed by atoms with van der Waals surface area (Å²) in [4.78, 5) is 22.4. The number of cyclic esters (lactones) is 1. The molecular weight excluding hydrogens is 298 g/mol. The predicted molar refractivity (Wildman–Crippen MR) is 70.1 cm³/mol. The first-order valence-electron chi connectivity index (χ1n) is 6.77. The minimum absolute atomic E-state index is 0.466. The van der Waals surface area contributed by atoms with E-state index in [0.717, 1.165) is 0 Å². The van der Waals surface area contributed by atoms with E-state index in [9.17, 15) is 24.9 Å². The number of hydrogen-bond donors (Lipinski definition) is 4. The van der Waals surface area contributed by atoms with E-state index in [1.807, 2.05) is 0 Å². The normalized spacial score (nSPS) is 38.4. The maximum Gasteiger partial charge on any atom is 0.333 e. The second kappa shape index (κ2) is 6.71. The largest absolute Gasteiger partial charge is 0.428 e. The smallest absolute Gasteiger partial charge is 0.333 e. The first-order chi connectivity index (χ1) is 10.3. The fourth-order valence-electron chi connectivity index (χ4n) is 2.33. The van der Waals surface area contributed by atoms with Gasteiger partial charge in [0.2, 0.25) is 12.2 Å². The lowest BCUT2D eigenvalue weighted by Crippen LogP contribution is -2.65. The van der Waals surface area contributed by atoms with Crippen LogP contribution in [0.2, 0.25) is 0 Å². The van der Waals surface area contributed by atoms with Gasteiger partial charge in [-0.3, -0.25) is 4.79 Å². The molecule has 4 N–H and O–H groups in total. The highest BCUT2D eigenvalue weighted by Gasteiger charge is 2.46. The summed E-state index contributed by atoms with van der Waals surface area (Å²) in [6.07, 6.45) is -4.89. The van der Waals surface area contributed by atoms with Crippen LogP contribution in [0.3, 0.4) is 0 Å². The Morgan fingerprint density at radius 1 is 1.41 bits per heavy atom. The molecule has 1 saturated heterocycles. The van der Waals surface area contributed by atoms with E-state index in [-0.39, 0.29) is 0 Å². The van der Waals surface area contributed by atoms with Gasteiger partial charge in [-0.1, -0.05) is 0 Å². The number of carbonyl (C=O) groups excluding carboxylic acids is 2. The molecule has 2 rings (SSSR count). The number of hydrogen-bond acceptors (Lipinski definition) is 8. The molecule has 0 saturated carbocycles. The number of rotatable bonds is 4. The summed E-state index contributed by atoms with van der Waals surface area (Å²) < 4.78 is 15.7. The van der Waals surface area contributed by atoms with Gasteiger partial charge in [0.15, 0.2) is 6.29 Å². The lowest BCUT2D eigenvalue weighted by molar-refractivity contribution is -0.299. The molecule has 9 heteroatoms. The van der Waals surface area contributed by atoms with E-state index in [1.54, 1.807) is 6.92 Å². The molecule has 0 radical (unpaired) electrons. The highest BCUT2D eigenvalue weighted by Crippen LogP contribution is 2.26. The van der Waals surface area contributed by atoms with Gasteiger partial charge >= 0.3 is 5.97 Å². The van der Waals surface area contributed by atoms with Gasteiger partial charge in [-0.15, -0.1) is 0 Å². The third-order valence-electron chi connectivity index (χ3n) is 3.45. The second-order valence-electron chi connectivity index (χ2n) is 5.23. The Kier molecular flexibility index (Phi) is 5.14. The maximum absolute atomic E-state index is 11.3. The Morgan fingerprint density at radius 2 is 2.09 bits per heavy atom. The third-order valence-corrected chi connectivity index (χ3v) is 3.45. The Bertz CT molecular complexity index is 479. The average molecular weight is 317 g/mol. The second-order valence-corrected chi connectivity index (χ2v) is 5.23. The van der Waals surface area contributed by atoms with Crippen LogP contribution in [0.1, 0.15) is 13.8 Å². The van der Waals surface area contributed by atoms with Crippen LogP contribution < -0.4 is 5.32 Å². The highest BCUT2D eigenvalue weighted by atomic mass is 16.8. The molecule has 0 aromatic rings. The van der Waals surface area contributed by atoms with E-state index in [2.05, 4.69) is 5.32 Å². The summed E-state index contributed by atoms with van der Waals surface area (Å²) in [6.45, 7) is 2.29. The molecule has 124 valence electrons. The van der Waals surface area contributed by atoms with Crippen LogP contribution in [0.25, 0.3) is 0 Å². The zero-order chi connectivity index (χ0) is 16.4. The van der Waals surface area contributed by atoms with Gasteiger partial charge in [0.05, 0.1) is 6.61 Å². The number of aliphatic hydroxyl groups is 3. The lowest BCUT2D eigenvalue weighted by atomic mass is 9.97. The first kappa shape index (κ1) is 16.8. The number of carbonyl (C=O) groups is 2. The summed E-state index contributed by atoms with van der Waals surface area (Å²) >= 11 is 0. The monoisotopic (exact) mass is 317 g/mol. The minimum atomic E-state index is -1.42. The van der Waals surface area contributed by atoms with Crippen LogP contribution in [-0.2, 0) is 23.8 Å². The molecule has 0 aromatic heterocycles. The molecule has 22 heavy (non-hydrogen) atoms. The van der Waals surface area contributed by atoms with Crippen molar-refractivity contribution in [2.75, 3.05) is 6.61 Å². The molecule has 0 bridgehead atoms. The molecule has 2 aliphatic rings. The molecule has 1 amide bonds. The van der Waals surface area contributed by atoms with Gasteiger partial charge in [0, 0.05) is 18.6 Å². The quantitative estimate of drug-likeness (QED) is 0.428. The van der Waals surface area contributed by atoms with E-state index in [4.69, 9.17) is 14.2 Å². The van der Waals surface area contributed by atoms with Crippen molar-refractivity contribution in [1.82, 2.24) is 5.32 Å². The molecule has 2 heterocycles. The van der Waals surface area contributed by atoms with Crippen molar-refractivity contribution in [1.29, 1.82) is 0 Å². The maximum atomic E-state index is 11.3. The van der Waals surface area contributed by atoms with Crippen LogP contribution in [-0.4, -0.2) is 70.7 Å². The Morgan fingerprint density at radius 3 is 2.59 bits per heavy atom. The van der Waals surface area contributed by atoms with Gasteiger partial charge in [-0.25, -0.2) is 4.79 Å². The fraction of sp³-hybridized carbons (Fsp3) is 0.692. The predicted octanol–water partition coefficient (Wildman–Crippen LogP) is -2.22. The number of amides is 1. The highest BCUT2D eigenvalue weighted by molar-refractivity contribution is 5.85. The lowest BCUT2D eigenvalue weighted by Gasteiger charge is -2.42. The molecule has 1 fully saturated rings. The molecule has 2 aliphatic heterocycles. The Balaban J connectivity index is 2.14. The molecule has 2 unspecified atom stereocenters. The summed E-state index contributed by atoms with van der Waals surface area (Å²) in [5.74, 6) is -1.04. The van der Waals surface area contributed by atoms with Crippen molar-refractivity contribution in [2.45, 2.75) is 50.8 Å². The average Bonchev–Trinajstić information content (AvgIpc) is 2.76. The van der Waals surface area contributed by atoms with Crippen molar-refractivity contribution >= 4 is 11.9 Å². The van der Waals surface area contributed by atoms with Gasteiger partial charge in [-0.05, 0) is 6.92 Å². The van der Waals surface area contributed by atoms with Crippen molar-refractivity contribution in [3.05, 3.63) is 11.6 Å². The van der Waals surface area contributed by atoms with Gasteiger partial charge < -0.3 is 34.8 Å². The van der Waals surface area contributed by atoms with Crippen molar-refractivity contribution in [2.24, 2.45) is 0 Å². The van der Waals surface area contributed by atoms with Crippen LogP contribution in [0.15, 0.2) is 11.6 Å². The van der Waals surface area contributed by atoms with E-state index in [0.29, 0.717) is 5.57 Å². The number of ether oxygens (including phenoxy) is 3. The zero-order valence-corrected chi connectivity index (χ0v) is 12.1. The van der Waals surface area contributed by atoms with Gasteiger partial charge in [0.25, 0.3) is 0 Å². The number of nitrogens with one attached hydrogen (secondary N) is 1. The van der Waals surface area contributed by atoms with Crippen molar-refractivity contribution in [3.63, 3.8) is 0 Å². The SMILES string of the molecule is CC(=O)N[C@H]1C(OC2OC(=O)C=C2C)O[C@H](CO)[C@@H](O)[C@@H]1O. The number of esters is 1. The number of aliphatic hydroxyl groups excluding tert-OH is 3. The minimum Gasteiger partial charge on any atom is -0.428 e. The standard InChI is InChI=1S/C13H19NO8/c1-5-3-8(17)21-12(5)22-13-9(14-6(2)16)11(19)10(18)7(4-15)20-13/h3,7,9-13,15,18-19H,4H2,1-2H3,(H,14,16)/t7-,9-,10-,11-,12?,13?/m1/s1. The molecule has 0 spiro atoms. The zero-order valence-electron chi connectivity index (χ0n) is 12.1. The summed E-state index contributed by atoms with van der Waals surface area (Å²) in [6, 6.07) is -1.08. The Hall–Kier alpha value is -1.52. The van der Waals surface area contributed by atoms with Crippen LogP contribution >= 0.6 is 0 Å².